The summed E-state index contributed by atoms with van der Waals surface area (Å²) in [6.07, 6.45) is 0. The highest BCUT2D eigenvalue weighted by atomic mass is 35.5. The number of nitrogens with zero attached hydrogens (tertiary/aromatic N) is 1. The third-order valence-corrected chi connectivity index (χ3v) is 3.65. The SMILES string of the molecule is CC(C)COc1ccc(C2=C(Cl)C(=O)N(C(C)C)C2=O)cc1. The third kappa shape index (κ3) is 3.17. The molecule has 0 aliphatic carbocycles. The first-order chi connectivity index (χ1) is 10.3. The maximum absolute atomic E-state index is 12.4. The Labute approximate surface area is 135 Å². The molecule has 0 atom stereocenters. The van der Waals surface area contributed by atoms with Crippen molar-refractivity contribution in [2.24, 2.45) is 5.92 Å². The maximum Gasteiger partial charge on any atom is 0.273 e. The monoisotopic (exact) mass is 321 g/mol. The van der Waals surface area contributed by atoms with Crippen molar-refractivity contribution in [1.29, 1.82) is 0 Å². The van der Waals surface area contributed by atoms with E-state index in [2.05, 4.69) is 13.8 Å². The van der Waals surface area contributed by atoms with E-state index in [1.54, 1.807) is 38.1 Å². The van der Waals surface area contributed by atoms with Crippen LogP contribution in [0.15, 0.2) is 29.3 Å². The normalized spacial score (nSPS) is 15.5. The molecule has 0 fully saturated rings. The van der Waals surface area contributed by atoms with Crippen molar-refractivity contribution in [3.63, 3.8) is 0 Å². The van der Waals surface area contributed by atoms with Gasteiger partial charge in [-0.15, -0.1) is 0 Å². The van der Waals surface area contributed by atoms with Gasteiger partial charge < -0.3 is 4.74 Å². The van der Waals surface area contributed by atoms with E-state index in [1.807, 2.05) is 0 Å². The lowest BCUT2D eigenvalue weighted by atomic mass is 10.1. The van der Waals surface area contributed by atoms with Gasteiger partial charge in [0.15, 0.2) is 0 Å². The van der Waals surface area contributed by atoms with Crippen LogP contribution in [0.4, 0.5) is 0 Å². The summed E-state index contributed by atoms with van der Waals surface area (Å²) in [5.74, 6) is 0.384. The summed E-state index contributed by atoms with van der Waals surface area (Å²) >= 11 is 6.08. The molecule has 2 rings (SSSR count). The summed E-state index contributed by atoms with van der Waals surface area (Å²) in [6.45, 7) is 8.34. The Morgan fingerprint density at radius 2 is 1.64 bits per heavy atom. The van der Waals surface area contributed by atoms with Crippen molar-refractivity contribution in [2.75, 3.05) is 6.61 Å². The lowest BCUT2D eigenvalue weighted by Gasteiger charge is -2.18. The van der Waals surface area contributed by atoms with Crippen LogP contribution in [0.25, 0.3) is 5.57 Å². The van der Waals surface area contributed by atoms with Gasteiger partial charge in [0.1, 0.15) is 10.8 Å². The Morgan fingerprint density at radius 1 is 1.05 bits per heavy atom. The van der Waals surface area contributed by atoms with E-state index in [4.69, 9.17) is 16.3 Å². The van der Waals surface area contributed by atoms with E-state index in [9.17, 15) is 9.59 Å². The molecule has 1 aromatic carbocycles. The molecule has 5 heteroatoms. The molecule has 0 unspecified atom stereocenters. The van der Waals surface area contributed by atoms with E-state index in [1.165, 1.54) is 4.90 Å². The topological polar surface area (TPSA) is 46.6 Å². The predicted molar refractivity (Wildman–Crippen MR) is 86.5 cm³/mol. The fraction of sp³-hybridized carbons (Fsp3) is 0.412. The second-order valence-electron chi connectivity index (χ2n) is 5.99. The lowest BCUT2D eigenvalue weighted by molar-refractivity contribution is -0.138. The molecular weight excluding hydrogens is 302 g/mol. The standard InChI is InChI=1S/C17H20ClNO3/c1-10(2)9-22-13-7-5-12(6-8-13)14-15(18)17(21)19(11(3)4)16(14)20/h5-8,10-11H,9H2,1-4H3. The van der Waals surface area contributed by atoms with Gasteiger partial charge in [0.25, 0.3) is 11.8 Å². The minimum absolute atomic E-state index is 0.0189. The van der Waals surface area contributed by atoms with Crippen LogP contribution in [0.2, 0.25) is 0 Å². The number of hydrogen-bond acceptors (Lipinski definition) is 3. The highest BCUT2D eigenvalue weighted by Gasteiger charge is 2.39. The molecule has 0 bridgehead atoms. The number of rotatable bonds is 5. The van der Waals surface area contributed by atoms with E-state index >= 15 is 0 Å². The summed E-state index contributed by atoms with van der Waals surface area (Å²) in [4.78, 5) is 25.7. The fourth-order valence-electron chi connectivity index (χ4n) is 2.22. The molecule has 1 aliphatic rings. The van der Waals surface area contributed by atoms with Crippen LogP contribution in [0.1, 0.15) is 33.3 Å². The first-order valence-electron chi connectivity index (χ1n) is 7.33. The number of carbonyl (C=O) groups is 2. The smallest absolute Gasteiger partial charge is 0.273 e. The molecule has 2 amide bonds. The van der Waals surface area contributed by atoms with Gasteiger partial charge in [0.05, 0.1) is 12.2 Å². The summed E-state index contributed by atoms with van der Waals surface area (Å²) in [6, 6.07) is 6.85. The Kier molecular flexibility index (Phi) is 4.91. The van der Waals surface area contributed by atoms with Crippen LogP contribution < -0.4 is 4.74 Å². The fourth-order valence-corrected chi connectivity index (χ4v) is 2.50. The average molecular weight is 322 g/mol. The van der Waals surface area contributed by atoms with E-state index in [0.717, 1.165) is 5.75 Å². The number of imide groups is 1. The van der Waals surface area contributed by atoms with Crippen LogP contribution in [-0.4, -0.2) is 29.4 Å². The van der Waals surface area contributed by atoms with Crippen molar-refractivity contribution in [3.05, 3.63) is 34.9 Å². The van der Waals surface area contributed by atoms with Gasteiger partial charge in [-0.05, 0) is 37.5 Å². The number of carbonyl (C=O) groups excluding carboxylic acids is 2. The van der Waals surface area contributed by atoms with Crippen molar-refractivity contribution in [2.45, 2.75) is 33.7 Å². The van der Waals surface area contributed by atoms with Gasteiger partial charge in [-0.1, -0.05) is 37.6 Å². The molecule has 1 aliphatic heterocycles. The van der Waals surface area contributed by atoms with Gasteiger partial charge in [0.2, 0.25) is 0 Å². The van der Waals surface area contributed by atoms with Crippen LogP contribution in [-0.2, 0) is 9.59 Å². The first kappa shape index (κ1) is 16.6. The molecule has 0 aromatic heterocycles. The van der Waals surface area contributed by atoms with Crippen molar-refractivity contribution in [1.82, 2.24) is 4.90 Å². The van der Waals surface area contributed by atoms with Gasteiger partial charge in [-0.25, -0.2) is 0 Å². The van der Waals surface area contributed by atoms with Crippen molar-refractivity contribution >= 4 is 29.0 Å². The molecule has 0 spiro atoms. The van der Waals surface area contributed by atoms with Crippen molar-refractivity contribution < 1.29 is 14.3 Å². The highest BCUT2D eigenvalue weighted by molar-refractivity contribution is 6.55. The van der Waals surface area contributed by atoms with Crippen LogP contribution in [0.5, 0.6) is 5.75 Å². The maximum atomic E-state index is 12.4. The molecular formula is C17H20ClNO3. The number of halogens is 1. The quantitative estimate of drug-likeness (QED) is 0.780. The van der Waals surface area contributed by atoms with Crippen LogP contribution in [0.3, 0.4) is 0 Å². The minimum atomic E-state index is -0.434. The second kappa shape index (κ2) is 6.53. The second-order valence-corrected chi connectivity index (χ2v) is 6.37. The van der Waals surface area contributed by atoms with Crippen LogP contribution in [0, 0.1) is 5.92 Å². The molecule has 0 radical (unpaired) electrons. The van der Waals surface area contributed by atoms with Gasteiger partial charge in [-0.3, -0.25) is 14.5 Å². The Balaban J connectivity index is 2.25. The summed E-state index contributed by atoms with van der Waals surface area (Å²) in [5, 5.41) is -0.0189. The Bertz CT molecular complexity index is 617. The Morgan fingerprint density at radius 3 is 2.09 bits per heavy atom. The molecule has 0 saturated carbocycles. The molecule has 4 nitrogen and oxygen atoms in total. The predicted octanol–water partition coefficient (Wildman–Crippen LogP) is 3.45. The molecule has 1 aromatic rings. The van der Waals surface area contributed by atoms with Gasteiger partial charge in [-0.2, -0.15) is 0 Å². The van der Waals surface area contributed by atoms with Gasteiger partial charge in [0, 0.05) is 6.04 Å². The number of amides is 2. The largest absolute Gasteiger partial charge is 0.493 e. The van der Waals surface area contributed by atoms with E-state index in [-0.39, 0.29) is 22.6 Å². The van der Waals surface area contributed by atoms with Gasteiger partial charge >= 0.3 is 0 Å². The first-order valence-corrected chi connectivity index (χ1v) is 7.71. The Hall–Kier alpha value is -1.81. The minimum Gasteiger partial charge on any atom is -0.493 e. The highest BCUT2D eigenvalue weighted by Crippen LogP contribution is 2.33. The summed E-state index contributed by atoms with van der Waals surface area (Å²) in [7, 11) is 0. The molecule has 0 saturated heterocycles. The summed E-state index contributed by atoms with van der Waals surface area (Å²) in [5.41, 5.74) is 0.888. The lowest BCUT2D eigenvalue weighted by Crippen LogP contribution is -2.37. The van der Waals surface area contributed by atoms with Crippen LogP contribution >= 0.6 is 11.6 Å². The zero-order valence-electron chi connectivity index (χ0n) is 13.2. The molecule has 1 heterocycles. The summed E-state index contributed by atoms with van der Waals surface area (Å²) < 4.78 is 5.61. The zero-order valence-corrected chi connectivity index (χ0v) is 14.0. The number of ether oxygens (including phenoxy) is 1. The third-order valence-electron chi connectivity index (χ3n) is 3.30. The molecule has 118 valence electrons. The van der Waals surface area contributed by atoms with E-state index in [0.29, 0.717) is 18.1 Å². The van der Waals surface area contributed by atoms with Crippen molar-refractivity contribution in [3.8, 4) is 5.75 Å². The number of hydrogen-bond donors (Lipinski definition) is 0. The number of benzene rings is 1. The molecule has 22 heavy (non-hydrogen) atoms. The average Bonchev–Trinajstić information content (AvgIpc) is 2.67. The van der Waals surface area contributed by atoms with E-state index < -0.39 is 5.91 Å². The molecule has 0 N–H and O–H groups in total. The zero-order chi connectivity index (χ0) is 16.4.